The summed E-state index contributed by atoms with van der Waals surface area (Å²) in [7, 11) is 0. The monoisotopic (exact) mass is 185 g/mol. The lowest BCUT2D eigenvalue weighted by Gasteiger charge is -2.24. The topological polar surface area (TPSA) is 12.0 Å². The van der Waals surface area contributed by atoms with Gasteiger partial charge in [0.25, 0.3) is 0 Å². The van der Waals surface area contributed by atoms with E-state index in [1.807, 2.05) is 27.7 Å². The smallest absolute Gasteiger partial charge is 0.00959 e. The van der Waals surface area contributed by atoms with Crippen molar-refractivity contribution < 1.29 is 0 Å². The molecule has 0 aromatic rings. The Morgan fingerprint density at radius 2 is 1.62 bits per heavy atom. The maximum atomic E-state index is 3.57. The molecule has 1 saturated heterocycles. The summed E-state index contributed by atoms with van der Waals surface area (Å²) < 4.78 is 0. The maximum Gasteiger partial charge on any atom is 0.00959 e. The Labute approximate surface area is 84.3 Å². The van der Waals surface area contributed by atoms with Gasteiger partial charge in [-0.05, 0) is 37.6 Å². The van der Waals surface area contributed by atoms with E-state index in [0.717, 1.165) is 17.9 Å². The zero-order valence-corrected chi connectivity index (χ0v) is 10.1. The average Bonchev–Trinajstić information content (AvgIpc) is 2.63. The molecule has 2 bridgehead atoms. The minimum atomic E-state index is 0.878. The van der Waals surface area contributed by atoms with Crippen LogP contribution in [0.15, 0.2) is 0 Å². The molecule has 1 nitrogen and oxygen atoms in total. The Bertz CT molecular complexity index is 112. The summed E-state index contributed by atoms with van der Waals surface area (Å²) in [5, 5.41) is 3.57. The molecule has 2 rings (SSSR count). The van der Waals surface area contributed by atoms with Crippen LogP contribution in [0.4, 0.5) is 0 Å². The predicted octanol–water partition coefficient (Wildman–Crippen LogP) is 3.45. The van der Waals surface area contributed by atoms with E-state index in [1.165, 1.54) is 25.8 Å². The summed E-state index contributed by atoms with van der Waals surface area (Å²) in [6.07, 6.45) is 4.40. The lowest BCUT2D eigenvalue weighted by molar-refractivity contribution is 0.315. The first-order valence-corrected chi connectivity index (χ1v) is 6.09. The fourth-order valence-corrected chi connectivity index (χ4v) is 2.20. The third-order valence-corrected chi connectivity index (χ3v) is 2.97. The number of rotatable bonds is 0. The molecule has 2 fully saturated rings. The SMILES string of the molecule is CC.CC.CC1CCC2CNC1C2. The van der Waals surface area contributed by atoms with Gasteiger partial charge in [-0.2, -0.15) is 0 Å². The molecule has 0 amide bonds. The van der Waals surface area contributed by atoms with Gasteiger partial charge in [-0.1, -0.05) is 34.6 Å². The molecular formula is C12H27N. The molecular weight excluding hydrogens is 158 g/mol. The van der Waals surface area contributed by atoms with Crippen molar-refractivity contribution >= 4 is 0 Å². The van der Waals surface area contributed by atoms with Gasteiger partial charge >= 0.3 is 0 Å². The predicted molar refractivity (Wildman–Crippen MR) is 61.0 cm³/mol. The van der Waals surface area contributed by atoms with Crippen LogP contribution in [0, 0.1) is 11.8 Å². The summed E-state index contributed by atoms with van der Waals surface area (Å²) in [6.45, 7) is 11.7. The Morgan fingerprint density at radius 1 is 1.00 bits per heavy atom. The quantitative estimate of drug-likeness (QED) is 0.609. The summed E-state index contributed by atoms with van der Waals surface area (Å²) >= 11 is 0. The first-order valence-electron chi connectivity index (χ1n) is 6.09. The van der Waals surface area contributed by atoms with Crippen LogP contribution in [0.25, 0.3) is 0 Å². The zero-order chi connectivity index (χ0) is 10.3. The molecule has 13 heavy (non-hydrogen) atoms. The number of hydrogen-bond donors (Lipinski definition) is 1. The number of hydrogen-bond acceptors (Lipinski definition) is 1. The lowest BCUT2D eigenvalue weighted by Crippen LogP contribution is -2.28. The Balaban J connectivity index is 0.000000322. The van der Waals surface area contributed by atoms with Crippen molar-refractivity contribution in [2.45, 2.75) is 59.9 Å². The molecule has 80 valence electrons. The summed E-state index contributed by atoms with van der Waals surface area (Å²) in [5.74, 6) is 1.98. The molecule has 3 unspecified atom stereocenters. The third-order valence-electron chi connectivity index (χ3n) is 2.97. The highest BCUT2D eigenvalue weighted by molar-refractivity contribution is 4.89. The van der Waals surface area contributed by atoms with Gasteiger partial charge in [0.15, 0.2) is 0 Å². The highest BCUT2D eigenvalue weighted by Crippen LogP contribution is 2.32. The Morgan fingerprint density at radius 3 is 2.15 bits per heavy atom. The molecule has 0 radical (unpaired) electrons. The van der Waals surface area contributed by atoms with Gasteiger partial charge in [0.05, 0.1) is 0 Å². The Hall–Kier alpha value is -0.0400. The normalized spacial score (nSPS) is 35.3. The molecule has 1 aliphatic heterocycles. The molecule has 1 saturated carbocycles. The van der Waals surface area contributed by atoms with Gasteiger partial charge < -0.3 is 5.32 Å². The highest BCUT2D eigenvalue weighted by atomic mass is 15.0. The second-order valence-corrected chi connectivity index (χ2v) is 3.67. The van der Waals surface area contributed by atoms with Gasteiger partial charge in [0, 0.05) is 6.04 Å². The summed E-state index contributed by atoms with van der Waals surface area (Å²) in [6, 6.07) is 0.878. The van der Waals surface area contributed by atoms with Crippen LogP contribution >= 0.6 is 0 Å². The van der Waals surface area contributed by atoms with Crippen LogP contribution in [-0.2, 0) is 0 Å². The number of nitrogens with one attached hydrogen (secondary N) is 1. The summed E-state index contributed by atoms with van der Waals surface area (Å²) in [4.78, 5) is 0. The van der Waals surface area contributed by atoms with E-state index < -0.39 is 0 Å². The first-order chi connectivity index (χ1) is 6.36. The largest absolute Gasteiger partial charge is 0.313 e. The second-order valence-electron chi connectivity index (χ2n) is 3.67. The lowest BCUT2D eigenvalue weighted by atomic mass is 9.83. The van der Waals surface area contributed by atoms with Crippen molar-refractivity contribution in [2.75, 3.05) is 6.54 Å². The van der Waals surface area contributed by atoms with E-state index in [4.69, 9.17) is 0 Å². The van der Waals surface area contributed by atoms with E-state index >= 15 is 0 Å². The second kappa shape index (κ2) is 7.37. The van der Waals surface area contributed by atoms with Crippen LogP contribution in [0.1, 0.15) is 53.9 Å². The van der Waals surface area contributed by atoms with E-state index in [0.29, 0.717) is 0 Å². The van der Waals surface area contributed by atoms with E-state index in [2.05, 4.69) is 12.2 Å². The standard InChI is InChI=1S/C8H15N.2C2H6/c1-6-2-3-7-4-8(6)9-5-7;2*1-2/h6-9H,2-5H2,1H3;2*1-2H3. The summed E-state index contributed by atoms with van der Waals surface area (Å²) in [5.41, 5.74) is 0. The molecule has 1 heteroatoms. The van der Waals surface area contributed by atoms with Gasteiger partial charge in [0.1, 0.15) is 0 Å². The van der Waals surface area contributed by atoms with Crippen molar-refractivity contribution in [1.82, 2.24) is 5.32 Å². The van der Waals surface area contributed by atoms with E-state index in [-0.39, 0.29) is 0 Å². The minimum Gasteiger partial charge on any atom is -0.313 e. The van der Waals surface area contributed by atoms with Crippen LogP contribution in [0.2, 0.25) is 0 Å². The first kappa shape index (κ1) is 13.0. The molecule has 0 aromatic heterocycles. The average molecular weight is 185 g/mol. The van der Waals surface area contributed by atoms with E-state index in [1.54, 1.807) is 0 Å². The molecule has 0 aromatic carbocycles. The van der Waals surface area contributed by atoms with Gasteiger partial charge in [-0.3, -0.25) is 0 Å². The fourth-order valence-electron chi connectivity index (χ4n) is 2.20. The van der Waals surface area contributed by atoms with Gasteiger partial charge in [-0.15, -0.1) is 0 Å². The van der Waals surface area contributed by atoms with Crippen LogP contribution < -0.4 is 5.32 Å². The van der Waals surface area contributed by atoms with Crippen molar-refractivity contribution in [3.63, 3.8) is 0 Å². The molecule has 1 aliphatic carbocycles. The third kappa shape index (κ3) is 3.68. The fraction of sp³-hybridized carbons (Fsp3) is 1.00. The molecule has 3 atom stereocenters. The van der Waals surface area contributed by atoms with Crippen LogP contribution in [0.5, 0.6) is 0 Å². The Kier molecular flexibility index (Phi) is 7.35. The molecule has 0 spiro atoms. The van der Waals surface area contributed by atoms with Gasteiger partial charge in [0.2, 0.25) is 0 Å². The minimum absolute atomic E-state index is 0.878. The van der Waals surface area contributed by atoms with Crippen molar-refractivity contribution in [1.29, 1.82) is 0 Å². The zero-order valence-electron chi connectivity index (χ0n) is 10.1. The van der Waals surface area contributed by atoms with Gasteiger partial charge in [-0.25, -0.2) is 0 Å². The maximum absolute atomic E-state index is 3.57. The number of fused-ring (bicyclic) bond motifs is 2. The highest BCUT2D eigenvalue weighted by Gasteiger charge is 2.32. The van der Waals surface area contributed by atoms with E-state index in [9.17, 15) is 0 Å². The molecule has 1 N–H and O–H groups in total. The molecule has 2 aliphatic rings. The van der Waals surface area contributed by atoms with Crippen molar-refractivity contribution in [3.05, 3.63) is 0 Å². The van der Waals surface area contributed by atoms with Crippen LogP contribution in [-0.4, -0.2) is 12.6 Å². The van der Waals surface area contributed by atoms with Crippen molar-refractivity contribution in [2.24, 2.45) is 11.8 Å². The molecule has 1 heterocycles. The van der Waals surface area contributed by atoms with Crippen molar-refractivity contribution in [3.8, 4) is 0 Å². The van der Waals surface area contributed by atoms with Crippen LogP contribution in [0.3, 0.4) is 0 Å².